The maximum atomic E-state index is 13.0. The van der Waals surface area contributed by atoms with E-state index >= 15 is 0 Å². The summed E-state index contributed by atoms with van der Waals surface area (Å²) in [5.74, 6) is 2.34. The molecule has 36 heavy (non-hydrogen) atoms. The second-order valence-electron chi connectivity index (χ2n) is 9.01. The molecule has 0 amide bonds. The molecule has 2 aromatic heterocycles. The van der Waals surface area contributed by atoms with Crippen molar-refractivity contribution in [2.45, 2.75) is 44.7 Å². The minimum Gasteiger partial charge on any atom is -0.455 e. The minimum atomic E-state index is -4.42. The number of rotatable bonds is 6. The van der Waals surface area contributed by atoms with Crippen LogP contribution in [0.1, 0.15) is 49.8 Å². The van der Waals surface area contributed by atoms with E-state index in [0.29, 0.717) is 34.9 Å². The Morgan fingerprint density at radius 3 is 2.08 bits per heavy atom. The Kier molecular flexibility index (Phi) is 7.06. The molecule has 8 nitrogen and oxygen atoms in total. The van der Waals surface area contributed by atoms with Crippen molar-refractivity contribution in [3.05, 3.63) is 47.7 Å². The van der Waals surface area contributed by atoms with Crippen molar-refractivity contribution in [3.8, 4) is 11.3 Å². The van der Waals surface area contributed by atoms with Crippen LogP contribution in [0.5, 0.6) is 0 Å². The van der Waals surface area contributed by atoms with Gasteiger partial charge in [-0.2, -0.15) is 33.2 Å². The summed E-state index contributed by atoms with van der Waals surface area (Å²) in [5, 5.41) is 4.21. The molecule has 1 N–H and O–H groups in total. The van der Waals surface area contributed by atoms with Gasteiger partial charge in [-0.1, -0.05) is 12.1 Å². The van der Waals surface area contributed by atoms with Crippen LogP contribution in [0.3, 0.4) is 0 Å². The van der Waals surface area contributed by atoms with Crippen molar-refractivity contribution in [1.82, 2.24) is 15.0 Å². The van der Waals surface area contributed by atoms with Crippen molar-refractivity contribution >= 4 is 24.1 Å². The van der Waals surface area contributed by atoms with Crippen LogP contribution in [0.2, 0.25) is 0 Å². The van der Waals surface area contributed by atoms with Gasteiger partial charge in [-0.3, -0.25) is 0 Å². The summed E-state index contributed by atoms with van der Waals surface area (Å²) < 4.78 is 44.8. The lowest BCUT2D eigenvalue weighted by atomic mass is 10.1. The maximum Gasteiger partial charge on any atom is 0.416 e. The molecule has 0 spiro atoms. The van der Waals surface area contributed by atoms with Crippen LogP contribution in [0, 0.1) is 0 Å². The van der Waals surface area contributed by atoms with E-state index in [2.05, 4.69) is 30.3 Å². The highest BCUT2D eigenvalue weighted by Gasteiger charge is 2.30. The topological polar surface area (TPSA) is 82.7 Å². The number of nitrogens with one attached hydrogen (secondary N) is 1. The molecule has 2 fully saturated rings. The lowest BCUT2D eigenvalue weighted by molar-refractivity contribution is -0.137. The summed E-state index contributed by atoms with van der Waals surface area (Å²) in [5.41, 5.74) is 2.49. The standard InChI is InChI=1S/C25H28F3N7O/c26-25(27,28)19-9-7-8-18(16-19)21-11-10-20(36-21)17-29-33-22-30-23(34-12-3-1-4-13-34)32-24(31-22)35-14-5-2-6-15-35/h7-11,16-17H,1-6,12-15H2,(H,30,31,32,33). The van der Waals surface area contributed by atoms with Gasteiger partial charge in [-0.05, 0) is 62.8 Å². The summed E-state index contributed by atoms with van der Waals surface area (Å²) in [6.07, 6.45) is 3.89. The summed E-state index contributed by atoms with van der Waals surface area (Å²) in [6.45, 7) is 3.65. The molecule has 0 radical (unpaired) electrons. The van der Waals surface area contributed by atoms with Gasteiger partial charge in [0, 0.05) is 31.7 Å². The Morgan fingerprint density at radius 2 is 1.47 bits per heavy atom. The number of nitrogens with zero attached hydrogens (tertiary/aromatic N) is 6. The fraction of sp³-hybridized carbons (Fsp3) is 0.440. The lowest BCUT2D eigenvalue weighted by Crippen LogP contribution is -2.34. The predicted molar refractivity (Wildman–Crippen MR) is 132 cm³/mol. The molecule has 4 heterocycles. The number of aromatic nitrogens is 3. The van der Waals surface area contributed by atoms with E-state index in [1.165, 1.54) is 25.1 Å². The van der Waals surface area contributed by atoms with Crippen molar-refractivity contribution in [2.24, 2.45) is 5.10 Å². The lowest BCUT2D eigenvalue weighted by Gasteiger charge is -2.30. The van der Waals surface area contributed by atoms with Crippen LogP contribution in [-0.4, -0.2) is 47.3 Å². The van der Waals surface area contributed by atoms with Gasteiger partial charge in [0.1, 0.15) is 11.5 Å². The Bertz CT molecular complexity index is 1160. The fourth-order valence-electron chi connectivity index (χ4n) is 4.45. The highest BCUT2D eigenvalue weighted by Crippen LogP contribution is 2.32. The molecule has 0 saturated carbocycles. The summed E-state index contributed by atoms with van der Waals surface area (Å²) >= 11 is 0. The first-order valence-electron chi connectivity index (χ1n) is 12.3. The zero-order valence-corrected chi connectivity index (χ0v) is 19.8. The molecular weight excluding hydrogens is 471 g/mol. The summed E-state index contributed by atoms with van der Waals surface area (Å²) in [6, 6.07) is 8.28. The molecule has 5 rings (SSSR count). The summed E-state index contributed by atoms with van der Waals surface area (Å²) in [4.78, 5) is 18.3. The van der Waals surface area contributed by atoms with Gasteiger partial charge < -0.3 is 14.2 Å². The van der Waals surface area contributed by atoms with E-state index in [-0.39, 0.29) is 0 Å². The van der Waals surface area contributed by atoms with Gasteiger partial charge >= 0.3 is 6.18 Å². The molecule has 2 aliphatic rings. The van der Waals surface area contributed by atoms with Crippen LogP contribution >= 0.6 is 0 Å². The maximum absolute atomic E-state index is 13.0. The third kappa shape index (κ3) is 5.77. The van der Waals surface area contributed by atoms with Crippen LogP contribution in [0.15, 0.2) is 45.9 Å². The smallest absolute Gasteiger partial charge is 0.416 e. The van der Waals surface area contributed by atoms with E-state index in [1.54, 1.807) is 18.2 Å². The van der Waals surface area contributed by atoms with E-state index < -0.39 is 11.7 Å². The highest BCUT2D eigenvalue weighted by atomic mass is 19.4. The van der Waals surface area contributed by atoms with Crippen LogP contribution in [0.25, 0.3) is 11.3 Å². The molecule has 3 aromatic rings. The number of hydrogen-bond donors (Lipinski definition) is 1. The third-order valence-electron chi connectivity index (χ3n) is 6.35. The van der Waals surface area contributed by atoms with E-state index in [4.69, 9.17) is 9.40 Å². The second kappa shape index (κ2) is 10.5. The second-order valence-corrected chi connectivity index (χ2v) is 9.01. The van der Waals surface area contributed by atoms with Gasteiger partial charge in [0.2, 0.25) is 17.8 Å². The zero-order valence-electron chi connectivity index (χ0n) is 19.8. The van der Waals surface area contributed by atoms with Crippen molar-refractivity contribution in [1.29, 1.82) is 0 Å². The highest BCUT2D eigenvalue weighted by molar-refractivity contribution is 5.78. The molecule has 190 valence electrons. The SMILES string of the molecule is FC(F)(F)c1cccc(-c2ccc(C=NNc3nc(N4CCCCC4)nc(N4CCCCC4)n3)o2)c1. The first-order chi connectivity index (χ1) is 17.5. The molecule has 0 atom stereocenters. The number of benzene rings is 1. The molecular formula is C25H28F3N7O. The molecule has 2 aliphatic heterocycles. The number of piperidine rings is 2. The van der Waals surface area contributed by atoms with Crippen molar-refractivity contribution in [3.63, 3.8) is 0 Å². The first-order valence-corrected chi connectivity index (χ1v) is 12.3. The molecule has 2 saturated heterocycles. The number of furan rings is 1. The fourth-order valence-corrected chi connectivity index (χ4v) is 4.45. The Balaban J connectivity index is 1.32. The number of hydrogen-bond acceptors (Lipinski definition) is 8. The van der Waals surface area contributed by atoms with Gasteiger partial charge in [0.05, 0.1) is 11.8 Å². The number of hydrazone groups is 1. The largest absolute Gasteiger partial charge is 0.455 e. The van der Waals surface area contributed by atoms with Crippen LogP contribution in [-0.2, 0) is 6.18 Å². The molecule has 0 aliphatic carbocycles. The third-order valence-corrected chi connectivity index (χ3v) is 6.35. The molecule has 0 bridgehead atoms. The quantitative estimate of drug-likeness (QED) is 0.350. The van der Waals surface area contributed by atoms with Crippen molar-refractivity contribution in [2.75, 3.05) is 41.4 Å². The Labute approximate surface area is 207 Å². The van der Waals surface area contributed by atoms with Gasteiger partial charge in [0.25, 0.3) is 0 Å². The van der Waals surface area contributed by atoms with Crippen LogP contribution < -0.4 is 15.2 Å². The average molecular weight is 500 g/mol. The van der Waals surface area contributed by atoms with E-state index in [0.717, 1.165) is 64.0 Å². The van der Waals surface area contributed by atoms with E-state index in [9.17, 15) is 13.2 Å². The molecule has 0 unspecified atom stereocenters. The Hall–Kier alpha value is -3.63. The monoisotopic (exact) mass is 499 g/mol. The van der Waals surface area contributed by atoms with Gasteiger partial charge in [0.15, 0.2) is 0 Å². The number of anilines is 3. The zero-order chi connectivity index (χ0) is 25.0. The van der Waals surface area contributed by atoms with Crippen LogP contribution in [0.4, 0.5) is 31.0 Å². The number of halogens is 3. The molecule has 11 heteroatoms. The van der Waals surface area contributed by atoms with Gasteiger partial charge in [-0.25, -0.2) is 5.43 Å². The predicted octanol–water partition coefficient (Wildman–Crippen LogP) is 5.58. The summed E-state index contributed by atoms with van der Waals surface area (Å²) in [7, 11) is 0. The minimum absolute atomic E-state index is 0.322. The van der Waals surface area contributed by atoms with Crippen molar-refractivity contribution < 1.29 is 17.6 Å². The molecule has 1 aromatic carbocycles. The average Bonchev–Trinajstić information content (AvgIpc) is 3.38. The van der Waals surface area contributed by atoms with E-state index in [1.807, 2.05) is 0 Å². The Morgan fingerprint density at radius 1 is 0.833 bits per heavy atom. The van der Waals surface area contributed by atoms with Gasteiger partial charge in [-0.15, -0.1) is 0 Å². The number of alkyl halides is 3. The first kappa shape index (κ1) is 24.1. The normalized spacial score (nSPS) is 17.1.